The lowest BCUT2D eigenvalue weighted by Crippen LogP contribution is -1.96. The van der Waals surface area contributed by atoms with Crippen LogP contribution in [0, 0.1) is 0 Å². The van der Waals surface area contributed by atoms with Crippen molar-refractivity contribution in [3.8, 4) is 0 Å². The molecular formula is C9H10BrN3. The van der Waals surface area contributed by atoms with E-state index in [9.17, 15) is 0 Å². The standard InChI is InChI=1S/C9H10BrN3/c1-7(6-12-13-11)8-2-4-9(10)5-3-8/h2-5,7H,6H2,1H3. The fraction of sp³-hybridized carbons (Fsp3) is 0.333. The molecule has 13 heavy (non-hydrogen) atoms. The van der Waals surface area contributed by atoms with Crippen molar-refractivity contribution in [2.45, 2.75) is 12.8 Å². The number of benzene rings is 1. The summed E-state index contributed by atoms with van der Waals surface area (Å²) in [6, 6.07) is 8.03. The van der Waals surface area contributed by atoms with Gasteiger partial charge in [-0.3, -0.25) is 0 Å². The van der Waals surface area contributed by atoms with E-state index in [1.165, 1.54) is 5.56 Å². The van der Waals surface area contributed by atoms with Crippen molar-refractivity contribution in [3.05, 3.63) is 44.7 Å². The van der Waals surface area contributed by atoms with Gasteiger partial charge in [0.2, 0.25) is 0 Å². The van der Waals surface area contributed by atoms with Gasteiger partial charge in [0.1, 0.15) is 0 Å². The summed E-state index contributed by atoms with van der Waals surface area (Å²) in [5.41, 5.74) is 9.35. The highest BCUT2D eigenvalue weighted by Crippen LogP contribution is 2.18. The van der Waals surface area contributed by atoms with Gasteiger partial charge in [-0.1, -0.05) is 40.1 Å². The zero-order chi connectivity index (χ0) is 9.68. The first kappa shape index (κ1) is 10.1. The predicted molar refractivity (Wildman–Crippen MR) is 56.6 cm³/mol. The van der Waals surface area contributed by atoms with Crippen LogP contribution >= 0.6 is 15.9 Å². The Labute approximate surface area is 85.5 Å². The molecule has 0 saturated carbocycles. The van der Waals surface area contributed by atoms with Gasteiger partial charge in [-0.05, 0) is 29.1 Å². The van der Waals surface area contributed by atoms with E-state index in [0.29, 0.717) is 6.54 Å². The summed E-state index contributed by atoms with van der Waals surface area (Å²) < 4.78 is 1.06. The number of nitrogens with zero attached hydrogens (tertiary/aromatic N) is 3. The Kier molecular flexibility index (Phi) is 3.80. The van der Waals surface area contributed by atoms with E-state index in [-0.39, 0.29) is 5.92 Å². The fourth-order valence-corrected chi connectivity index (χ4v) is 1.32. The Hall–Kier alpha value is -0.990. The SMILES string of the molecule is CC(CN=[N+]=[N-])c1ccc(Br)cc1. The maximum absolute atomic E-state index is 8.16. The molecule has 4 heteroatoms. The average Bonchev–Trinajstić information content (AvgIpc) is 2.15. The fourth-order valence-electron chi connectivity index (χ4n) is 1.06. The average molecular weight is 240 g/mol. The Morgan fingerprint density at radius 3 is 2.62 bits per heavy atom. The molecule has 1 rings (SSSR count). The van der Waals surface area contributed by atoms with Crippen molar-refractivity contribution in [1.82, 2.24) is 0 Å². The highest BCUT2D eigenvalue weighted by Gasteiger charge is 2.02. The minimum Gasteiger partial charge on any atom is -0.0934 e. The normalized spacial score (nSPS) is 11.8. The second-order valence-corrected chi connectivity index (χ2v) is 3.78. The van der Waals surface area contributed by atoms with Crippen molar-refractivity contribution >= 4 is 15.9 Å². The quantitative estimate of drug-likeness (QED) is 0.437. The van der Waals surface area contributed by atoms with Crippen LogP contribution in [0.2, 0.25) is 0 Å². The number of hydrogen-bond acceptors (Lipinski definition) is 1. The van der Waals surface area contributed by atoms with Gasteiger partial charge in [-0.15, -0.1) is 0 Å². The molecule has 0 aromatic heterocycles. The summed E-state index contributed by atoms with van der Waals surface area (Å²) in [7, 11) is 0. The van der Waals surface area contributed by atoms with Crippen molar-refractivity contribution in [3.63, 3.8) is 0 Å². The highest BCUT2D eigenvalue weighted by molar-refractivity contribution is 9.10. The number of hydrogen-bond donors (Lipinski definition) is 0. The lowest BCUT2D eigenvalue weighted by atomic mass is 10.0. The minimum atomic E-state index is 0.281. The van der Waals surface area contributed by atoms with Crippen molar-refractivity contribution in [2.75, 3.05) is 6.54 Å². The molecule has 0 aliphatic heterocycles. The molecule has 3 nitrogen and oxygen atoms in total. The zero-order valence-corrected chi connectivity index (χ0v) is 8.90. The summed E-state index contributed by atoms with van der Waals surface area (Å²) in [6.07, 6.45) is 0. The van der Waals surface area contributed by atoms with Gasteiger partial charge in [0.25, 0.3) is 0 Å². The second kappa shape index (κ2) is 4.90. The van der Waals surface area contributed by atoms with Crippen LogP contribution < -0.4 is 0 Å². The summed E-state index contributed by atoms with van der Waals surface area (Å²) in [4.78, 5) is 2.73. The van der Waals surface area contributed by atoms with Crippen LogP contribution in [0.25, 0.3) is 10.4 Å². The predicted octanol–water partition coefficient (Wildman–Crippen LogP) is 3.86. The van der Waals surface area contributed by atoms with Gasteiger partial charge in [0.15, 0.2) is 0 Å². The number of halogens is 1. The Balaban J connectivity index is 2.71. The second-order valence-electron chi connectivity index (χ2n) is 2.87. The smallest absolute Gasteiger partial charge is 0.0324 e. The molecule has 0 heterocycles. The van der Waals surface area contributed by atoms with E-state index in [1.807, 2.05) is 31.2 Å². The van der Waals surface area contributed by atoms with Crippen LogP contribution in [0.5, 0.6) is 0 Å². The van der Waals surface area contributed by atoms with Crippen molar-refractivity contribution < 1.29 is 0 Å². The molecule has 1 unspecified atom stereocenters. The number of rotatable bonds is 3. The van der Waals surface area contributed by atoms with Gasteiger partial charge < -0.3 is 0 Å². The maximum atomic E-state index is 8.16. The first-order valence-electron chi connectivity index (χ1n) is 4.00. The molecule has 1 aromatic rings. The molecule has 1 atom stereocenters. The molecule has 68 valence electrons. The molecule has 0 saturated heterocycles. The summed E-state index contributed by atoms with van der Waals surface area (Å²) in [5, 5.41) is 3.54. The molecule has 0 bridgehead atoms. The molecule has 0 fully saturated rings. The highest BCUT2D eigenvalue weighted by atomic mass is 79.9. The van der Waals surface area contributed by atoms with Crippen LogP contribution in [0.15, 0.2) is 33.9 Å². The van der Waals surface area contributed by atoms with Gasteiger partial charge in [0, 0.05) is 15.9 Å². The molecule has 0 spiro atoms. The topological polar surface area (TPSA) is 48.8 Å². The first-order valence-corrected chi connectivity index (χ1v) is 4.79. The van der Waals surface area contributed by atoms with E-state index in [2.05, 4.69) is 26.0 Å². The molecule has 1 aromatic carbocycles. The van der Waals surface area contributed by atoms with Crippen LogP contribution in [0.1, 0.15) is 18.4 Å². The van der Waals surface area contributed by atoms with E-state index in [0.717, 1.165) is 4.47 Å². The van der Waals surface area contributed by atoms with Gasteiger partial charge >= 0.3 is 0 Å². The number of azide groups is 1. The van der Waals surface area contributed by atoms with Crippen molar-refractivity contribution in [1.29, 1.82) is 0 Å². The summed E-state index contributed by atoms with van der Waals surface area (Å²) >= 11 is 3.37. The molecule has 0 N–H and O–H groups in total. The van der Waals surface area contributed by atoms with E-state index in [4.69, 9.17) is 5.53 Å². The third-order valence-electron chi connectivity index (χ3n) is 1.86. The molecule has 0 amide bonds. The Morgan fingerprint density at radius 1 is 1.46 bits per heavy atom. The lowest BCUT2D eigenvalue weighted by Gasteiger charge is -2.07. The zero-order valence-electron chi connectivity index (χ0n) is 7.31. The van der Waals surface area contributed by atoms with E-state index >= 15 is 0 Å². The van der Waals surface area contributed by atoms with Crippen LogP contribution in [-0.2, 0) is 0 Å². The third kappa shape index (κ3) is 3.09. The van der Waals surface area contributed by atoms with Gasteiger partial charge in [-0.25, -0.2) is 0 Å². The monoisotopic (exact) mass is 239 g/mol. The van der Waals surface area contributed by atoms with Gasteiger partial charge in [0.05, 0.1) is 0 Å². The van der Waals surface area contributed by atoms with Crippen LogP contribution in [0.3, 0.4) is 0 Å². The maximum Gasteiger partial charge on any atom is 0.0324 e. The molecule has 0 aliphatic rings. The first-order chi connectivity index (χ1) is 6.24. The largest absolute Gasteiger partial charge is 0.0934 e. The van der Waals surface area contributed by atoms with Crippen molar-refractivity contribution in [2.24, 2.45) is 5.11 Å². The Bertz CT molecular complexity index is 314. The Morgan fingerprint density at radius 2 is 2.08 bits per heavy atom. The molecule has 0 radical (unpaired) electrons. The third-order valence-corrected chi connectivity index (χ3v) is 2.39. The summed E-state index contributed by atoms with van der Waals surface area (Å²) in [6.45, 7) is 2.55. The molecule has 0 aliphatic carbocycles. The van der Waals surface area contributed by atoms with Crippen LogP contribution in [-0.4, -0.2) is 6.54 Å². The van der Waals surface area contributed by atoms with E-state index < -0.39 is 0 Å². The summed E-state index contributed by atoms with van der Waals surface area (Å²) in [5.74, 6) is 0.281. The van der Waals surface area contributed by atoms with E-state index in [1.54, 1.807) is 0 Å². The lowest BCUT2D eigenvalue weighted by molar-refractivity contribution is 0.769. The minimum absolute atomic E-state index is 0.281. The van der Waals surface area contributed by atoms with Crippen LogP contribution in [0.4, 0.5) is 0 Å². The molecular weight excluding hydrogens is 230 g/mol. The van der Waals surface area contributed by atoms with Gasteiger partial charge in [-0.2, -0.15) is 0 Å².